The molecule has 0 aromatic heterocycles. The van der Waals surface area contributed by atoms with Crippen LogP contribution in [0.15, 0.2) is 12.1 Å². The van der Waals surface area contributed by atoms with Gasteiger partial charge in [-0.1, -0.05) is 13.0 Å². The molecule has 1 aromatic rings. The number of benzene rings is 1. The minimum atomic E-state index is 0.475. The minimum Gasteiger partial charge on any atom is -0.493 e. The van der Waals surface area contributed by atoms with E-state index in [0.717, 1.165) is 24.3 Å². The second kappa shape index (κ2) is 7.11. The van der Waals surface area contributed by atoms with E-state index in [1.807, 2.05) is 12.1 Å². The van der Waals surface area contributed by atoms with Gasteiger partial charge in [0.1, 0.15) is 0 Å². The van der Waals surface area contributed by atoms with Gasteiger partial charge in [-0.05, 0) is 19.4 Å². The normalized spacial score (nSPS) is 12.1. The van der Waals surface area contributed by atoms with Crippen molar-refractivity contribution in [3.8, 4) is 17.2 Å². The topological polar surface area (TPSA) is 39.7 Å². The average Bonchev–Trinajstić information content (AvgIpc) is 2.43. The van der Waals surface area contributed by atoms with Gasteiger partial charge < -0.3 is 19.5 Å². The van der Waals surface area contributed by atoms with Gasteiger partial charge in [0.05, 0.1) is 21.3 Å². The summed E-state index contributed by atoms with van der Waals surface area (Å²) in [6, 6.07) is 4.37. The molecule has 0 spiro atoms. The van der Waals surface area contributed by atoms with Crippen LogP contribution in [0.2, 0.25) is 0 Å². The third-order valence-corrected chi connectivity index (χ3v) is 3.04. The van der Waals surface area contributed by atoms with E-state index in [4.69, 9.17) is 14.2 Å². The lowest BCUT2D eigenvalue weighted by molar-refractivity contribution is 0.321. The Balaban J connectivity index is 2.97. The molecule has 0 saturated heterocycles. The number of ether oxygens (including phenoxy) is 3. The van der Waals surface area contributed by atoms with Gasteiger partial charge in [-0.3, -0.25) is 0 Å². The zero-order chi connectivity index (χ0) is 13.5. The van der Waals surface area contributed by atoms with Crippen LogP contribution in [0.3, 0.4) is 0 Å². The van der Waals surface area contributed by atoms with E-state index in [1.54, 1.807) is 21.3 Å². The molecule has 0 aliphatic rings. The Kier molecular flexibility index (Phi) is 5.78. The highest BCUT2D eigenvalue weighted by molar-refractivity contribution is 5.55. The Hall–Kier alpha value is -1.42. The van der Waals surface area contributed by atoms with E-state index in [9.17, 15) is 0 Å². The molecule has 0 saturated carbocycles. The fraction of sp³-hybridized carbons (Fsp3) is 0.571. The van der Waals surface area contributed by atoms with Gasteiger partial charge in [0, 0.05) is 18.2 Å². The highest BCUT2D eigenvalue weighted by Gasteiger charge is 2.15. The Morgan fingerprint density at radius 1 is 1.06 bits per heavy atom. The standard InChI is InChI=1S/C14H23NO3/c1-6-10(2)15-9-11-7-8-12(16-3)14(18-5)13(11)17-4/h7-8,10,15H,6,9H2,1-5H3/t10-/m0/s1. The van der Waals surface area contributed by atoms with Crippen molar-refractivity contribution in [2.24, 2.45) is 0 Å². The molecule has 4 heteroatoms. The lowest BCUT2D eigenvalue weighted by Gasteiger charge is -2.17. The van der Waals surface area contributed by atoms with Crippen LogP contribution in [0, 0.1) is 0 Å². The molecule has 0 radical (unpaired) electrons. The van der Waals surface area contributed by atoms with E-state index < -0.39 is 0 Å². The van der Waals surface area contributed by atoms with Gasteiger partial charge in [-0.15, -0.1) is 0 Å². The van der Waals surface area contributed by atoms with Crippen molar-refractivity contribution in [1.82, 2.24) is 5.32 Å². The van der Waals surface area contributed by atoms with E-state index in [1.165, 1.54) is 0 Å². The first-order valence-corrected chi connectivity index (χ1v) is 6.19. The number of hydrogen-bond donors (Lipinski definition) is 1. The van der Waals surface area contributed by atoms with Crippen molar-refractivity contribution in [3.63, 3.8) is 0 Å². The van der Waals surface area contributed by atoms with Crippen molar-refractivity contribution in [2.75, 3.05) is 21.3 Å². The summed E-state index contributed by atoms with van der Waals surface area (Å²) < 4.78 is 16.0. The zero-order valence-corrected chi connectivity index (χ0v) is 11.9. The SMILES string of the molecule is CC[C@H](C)NCc1ccc(OC)c(OC)c1OC. The Bertz CT molecular complexity index is 380. The molecular formula is C14H23NO3. The molecule has 4 nitrogen and oxygen atoms in total. The minimum absolute atomic E-state index is 0.475. The van der Waals surface area contributed by atoms with Gasteiger partial charge in [-0.2, -0.15) is 0 Å². The summed E-state index contributed by atoms with van der Waals surface area (Å²) in [6.45, 7) is 5.06. The molecule has 0 heterocycles. The molecule has 1 atom stereocenters. The van der Waals surface area contributed by atoms with Crippen LogP contribution in [0.1, 0.15) is 25.8 Å². The number of hydrogen-bond acceptors (Lipinski definition) is 4. The molecule has 0 fully saturated rings. The highest BCUT2D eigenvalue weighted by atomic mass is 16.5. The molecule has 0 unspecified atom stereocenters. The van der Waals surface area contributed by atoms with E-state index in [2.05, 4.69) is 19.2 Å². The average molecular weight is 253 g/mol. The lowest BCUT2D eigenvalue weighted by Crippen LogP contribution is -2.24. The van der Waals surface area contributed by atoms with Crippen LogP contribution in [-0.2, 0) is 6.54 Å². The van der Waals surface area contributed by atoms with E-state index in [-0.39, 0.29) is 0 Å². The van der Waals surface area contributed by atoms with Crippen LogP contribution in [0.4, 0.5) is 0 Å². The molecule has 0 aliphatic heterocycles. The summed E-state index contributed by atoms with van der Waals surface area (Å²) in [5.74, 6) is 2.05. The van der Waals surface area contributed by atoms with Crippen LogP contribution in [0.25, 0.3) is 0 Å². The van der Waals surface area contributed by atoms with Crippen molar-refractivity contribution in [3.05, 3.63) is 17.7 Å². The molecule has 1 N–H and O–H groups in total. The molecule has 0 bridgehead atoms. The molecular weight excluding hydrogens is 230 g/mol. The van der Waals surface area contributed by atoms with Gasteiger partial charge >= 0.3 is 0 Å². The first-order chi connectivity index (χ1) is 8.67. The van der Waals surface area contributed by atoms with Crippen molar-refractivity contribution >= 4 is 0 Å². The van der Waals surface area contributed by atoms with Gasteiger partial charge in [0.15, 0.2) is 11.5 Å². The second-order valence-electron chi connectivity index (χ2n) is 4.18. The molecule has 0 amide bonds. The maximum absolute atomic E-state index is 5.43. The van der Waals surface area contributed by atoms with Crippen LogP contribution in [-0.4, -0.2) is 27.4 Å². The summed E-state index contributed by atoms with van der Waals surface area (Å²) in [5, 5.41) is 3.44. The summed E-state index contributed by atoms with van der Waals surface area (Å²) in [4.78, 5) is 0. The predicted octanol–water partition coefficient (Wildman–Crippen LogP) is 2.60. The van der Waals surface area contributed by atoms with Crippen molar-refractivity contribution in [1.29, 1.82) is 0 Å². The van der Waals surface area contributed by atoms with Gasteiger partial charge in [0.2, 0.25) is 5.75 Å². The summed E-state index contributed by atoms with van der Waals surface area (Å²) in [5.41, 5.74) is 1.07. The van der Waals surface area contributed by atoms with Crippen LogP contribution < -0.4 is 19.5 Å². The predicted molar refractivity (Wildman–Crippen MR) is 72.7 cm³/mol. The van der Waals surface area contributed by atoms with E-state index in [0.29, 0.717) is 17.5 Å². The second-order valence-corrected chi connectivity index (χ2v) is 4.18. The third kappa shape index (κ3) is 3.29. The molecule has 0 aliphatic carbocycles. The number of nitrogens with one attached hydrogen (secondary N) is 1. The largest absolute Gasteiger partial charge is 0.493 e. The van der Waals surface area contributed by atoms with Crippen LogP contribution in [0.5, 0.6) is 17.2 Å². The van der Waals surface area contributed by atoms with Crippen molar-refractivity contribution < 1.29 is 14.2 Å². The highest BCUT2D eigenvalue weighted by Crippen LogP contribution is 2.39. The number of rotatable bonds is 7. The molecule has 1 aromatic carbocycles. The lowest BCUT2D eigenvalue weighted by atomic mass is 10.1. The third-order valence-electron chi connectivity index (χ3n) is 3.04. The molecule has 18 heavy (non-hydrogen) atoms. The Morgan fingerprint density at radius 3 is 2.22 bits per heavy atom. The quantitative estimate of drug-likeness (QED) is 0.811. The Labute approximate surface area is 109 Å². The maximum atomic E-state index is 5.43. The summed E-state index contributed by atoms with van der Waals surface area (Å²) in [6.07, 6.45) is 1.09. The first kappa shape index (κ1) is 14.6. The Morgan fingerprint density at radius 2 is 1.72 bits per heavy atom. The molecule has 1 rings (SSSR count). The van der Waals surface area contributed by atoms with Gasteiger partial charge in [-0.25, -0.2) is 0 Å². The fourth-order valence-corrected chi connectivity index (χ4v) is 1.73. The maximum Gasteiger partial charge on any atom is 0.203 e. The van der Waals surface area contributed by atoms with E-state index >= 15 is 0 Å². The van der Waals surface area contributed by atoms with Gasteiger partial charge in [0.25, 0.3) is 0 Å². The summed E-state index contributed by atoms with van der Waals surface area (Å²) >= 11 is 0. The smallest absolute Gasteiger partial charge is 0.203 e. The molecule has 102 valence electrons. The fourth-order valence-electron chi connectivity index (χ4n) is 1.73. The summed E-state index contributed by atoms with van der Waals surface area (Å²) in [7, 11) is 4.88. The first-order valence-electron chi connectivity index (χ1n) is 6.19. The number of methoxy groups -OCH3 is 3. The monoisotopic (exact) mass is 253 g/mol. The van der Waals surface area contributed by atoms with Crippen LogP contribution >= 0.6 is 0 Å². The zero-order valence-electron chi connectivity index (χ0n) is 11.9. The van der Waals surface area contributed by atoms with Crippen molar-refractivity contribution in [2.45, 2.75) is 32.9 Å².